The number of piperidine rings is 1. The number of benzene rings is 2. The maximum absolute atomic E-state index is 13.2. The Hall–Kier alpha value is -3.05. The fourth-order valence-electron chi connectivity index (χ4n) is 5.72. The van der Waals surface area contributed by atoms with Crippen LogP contribution in [0.4, 0.5) is 18.3 Å². The van der Waals surface area contributed by atoms with Crippen LogP contribution in [0.5, 0.6) is 11.5 Å². The quantitative estimate of drug-likeness (QED) is 0.350. The average molecular weight is 564 g/mol. The van der Waals surface area contributed by atoms with Crippen molar-refractivity contribution in [3.8, 4) is 11.5 Å². The lowest BCUT2D eigenvalue weighted by molar-refractivity contribution is -0.138. The minimum Gasteiger partial charge on any atom is -0.493 e. The maximum Gasteiger partial charge on any atom is 0.416 e. The van der Waals surface area contributed by atoms with Gasteiger partial charge in [-0.2, -0.15) is 13.2 Å². The molecule has 0 atom stereocenters. The molecule has 210 valence electrons. The molecule has 0 amide bonds. The number of aliphatic carboxylic acids is 1. The first-order chi connectivity index (χ1) is 18.7. The van der Waals surface area contributed by atoms with Crippen LogP contribution in [0.1, 0.15) is 43.2 Å². The van der Waals surface area contributed by atoms with Gasteiger partial charge in [0.1, 0.15) is 0 Å². The number of methoxy groups -OCH3 is 1. The van der Waals surface area contributed by atoms with Crippen molar-refractivity contribution in [1.82, 2.24) is 9.88 Å². The second kappa shape index (κ2) is 11.2. The average Bonchev–Trinajstić information content (AvgIpc) is 3.59. The van der Waals surface area contributed by atoms with Gasteiger partial charge in [0.05, 0.1) is 35.9 Å². The number of hydrogen-bond donors (Lipinski definition) is 1. The molecule has 2 aromatic carbocycles. The van der Waals surface area contributed by atoms with Gasteiger partial charge in [0.25, 0.3) is 0 Å². The summed E-state index contributed by atoms with van der Waals surface area (Å²) in [7, 11) is 1.56. The SMILES string of the molecule is COc1ccc(CC(=O)O)cc1OCCC1(N2CCCC2)CCN(c2nc3ccc(C(F)(F)F)cc3s2)CC1. The number of fused-ring (bicyclic) bond motifs is 1. The number of nitrogens with zero attached hydrogens (tertiary/aromatic N) is 3. The van der Waals surface area contributed by atoms with Gasteiger partial charge in [-0.3, -0.25) is 9.69 Å². The van der Waals surface area contributed by atoms with E-state index in [1.165, 1.54) is 23.5 Å². The lowest BCUT2D eigenvalue weighted by atomic mass is 9.83. The number of carbonyl (C=O) groups is 1. The second-order valence-corrected chi connectivity index (χ2v) is 11.2. The minimum absolute atomic E-state index is 0.0426. The Labute approximate surface area is 229 Å². The zero-order valence-electron chi connectivity index (χ0n) is 21.8. The highest BCUT2D eigenvalue weighted by atomic mass is 32.1. The van der Waals surface area contributed by atoms with Gasteiger partial charge in [0.2, 0.25) is 0 Å². The fourth-order valence-corrected chi connectivity index (χ4v) is 6.78. The van der Waals surface area contributed by atoms with Gasteiger partial charge in [0.15, 0.2) is 16.6 Å². The van der Waals surface area contributed by atoms with E-state index in [-0.39, 0.29) is 12.0 Å². The van der Waals surface area contributed by atoms with Crippen molar-refractivity contribution >= 4 is 32.7 Å². The van der Waals surface area contributed by atoms with Crippen LogP contribution in [0.25, 0.3) is 10.2 Å². The van der Waals surface area contributed by atoms with E-state index in [9.17, 15) is 18.0 Å². The van der Waals surface area contributed by atoms with Gasteiger partial charge in [-0.15, -0.1) is 0 Å². The molecule has 7 nitrogen and oxygen atoms in total. The summed E-state index contributed by atoms with van der Waals surface area (Å²) in [6.07, 6.45) is 0.474. The number of thiazole rings is 1. The van der Waals surface area contributed by atoms with Crippen molar-refractivity contribution < 1.29 is 32.5 Å². The van der Waals surface area contributed by atoms with Crippen LogP contribution in [-0.4, -0.2) is 66.4 Å². The van der Waals surface area contributed by atoms with Gasteiger partial charge in [-0.05, 0) is 81.1 Å². The highest BCUT2D eigenvalue weighted by Gasteiger charge is 2.41. The second-order valence-electron chi connectivity index (χ2n) is 10.2. The zero-order chi connectivity index (χ0) is 27.6. The van der Waals surface area contributed by atoms with E-state index in [1.807, 2.05) is 0 Å². The predicted octanol–water partition coefficient (Wildman–Crippen LogP) is 5.85. The molecule has 39 heavy (non-hydrogen) atoms. The summed E-state index contributed by atoms with van der Waals surface area (Å²) in [5.74, 6) is 0.205. The van der Waals surface area contributed by atoms with Crippen molar-refractivity contribution in [2.24, 2.45) is 0 Å². The first kappa shape index (κ1) is 27.5. The number of anilines is 1. The molecule has 0 aliphatic carbocycles. The Morgan fingerprint density at radius 3 is 2.49 bits per heavy atom. The normalized spacial score (nSPS) is 18.0. The number of ether oxygens (including phenoxy) is 2. The van der Waals surface area contributed by atoms with Crippen molar-refractivity contribution in [3.63, 3.8) is 0 Å². The van der Waals surface area contributed by atoms with Gasteiger partial charge in [-0.25, -0.2) is 4.98 Å². The molecule has 5 rings (SSSR count). The fraction of sp³-hybridized carbons (Fsp3) is 0.500. The van der Waals surface area contributed by atoms with Gasteiger partial charge >= 0.3 is 12.1 Å². The monoisotopic (exact) mass is 563 g/mol. The Morgan fingerprint density at radius 2 is 1.82 bits per heavy atom. The van der Waals surface area contributed by atoms with E-state index in [4.69, 9.17) is 14.6 Å². The number of aromatic nitrogens is 1. The minimum atomic E-state index is -4.37. The molecule has 3 aromatic rings. The standard InChI is InChI=1S/C28H32F3N3O4S/c1-37-22-7-4-19(17-25(35)36)16-23(22)38-15-10-27(34-11-2-3-12-34)8-13-33(14-9-27)26-32-21-6-5-20(28(29,30)31)18-24(21)39-26/h4-7,16,18H,2-3,8-15,17H2,1H3,(H,35,36). The van der Waals surface area contributed by atoms with Crippen LogP contribution < -0.4 is 14.4 Å². The number of rotatable bonds is 9. The first-order valence-electron chi connectivity index (χ1n) is 13.2. The molecule has 1 aromatic heterocycles. The van der Waals surface area contributed by atoms with E-state index in [0.29, 0.717) is 33.9 Å². The summed E-state index contributed by atoms with van der Waals surface area (Å²) in [5.41, 5.74) is 0.548. The van der Waals surface area contributed by atoms with Crippen molar-refractivity contribution in [2.75, 3.05) is 44.8 Å². The number of carboxylic acid groups (broad SMARTS) is 1. The van der Waals surface area contributed by atoms with Crippen LogP contribution >= 0.6 is 11.3 Å². The summed E-state index contributed by atoms with van der Waals surface area (Å²) in [5, 5.41) is 9.90. The summed E-state index contributed by atoms with van der Waals surface area (Å²) in [6, 6.07) is 8.92. The van der Waals surface area contributed by atoms with E-state index >= 15 is 0 Å². The molecule has 11 heteroatoms. The Kier molecular flexibility index (Phi) is 7.91. The van der Waals surface area contributed by atoms with Crippen LogP contribution in [-0.2, 0) is 17.4 Å². The summed E-state index contributed by atoms with van der Waals surface area (Å²) >= 11 is 1.31. The molecule has 3 heterocycles. The lowest BCUT2D eigenvalue weighted by Crippen LogP contribution is -2.55. The van der Waals surface area contributed by atoms with Crippen LogP contribution in [0.15, 0.2) is 36.4 Å². The number of likely N-dealkylation sites (tertiary alicyclic amines) is 1. The lowest BCUT2D eigenvalue weighted by Gasteiger charge is -2.47. The molecule has 0 unspecified atom stereocenters. The molecule has 1 N–H and O–H groups in total. The third-order valence-electron chi connectivity index (χ3n) is 7.85. The van der Waals surface area contributed by atoms with Crippen LogP contribution in [0, 0.1) is 0 Å². The highest BCUT2D eigenvalue weighted by Crippen LogP contribution is 2.40. The smallest absolute Gasteiger partial charge is 0.416 e. The molecule has 0 saturated carbocycles. The first-order valence-corrected chi connectivity index (χ1v) is 14.0. The van der Waals surface area contributed by atoms with E-state index in [1.54, 1.807) is 25.3 Å². The molecule has 0 spiro atoms. The molecular formula is C28H32F3N3O4S. The molecule has 0 radical (unpaired) electrons. The Balaban J connectivity index is 1.28. The third kappa shape index (κ3) is 6.09. The van der Waals surface area contributed by atoms with Crippen molar-refractivity contribution in [1.29, 1.82) is 0 Å². The van der Waals surface area contributed by atoms with Gasteiger partial charge in [-0.1, -0.05) is 17.4 Å². The number of alkyl halides is 3. The summed E-state index contributed by atoms with van der Waals surface area (Å²) in [4.78, 5) is 20.5. The molecule has 2 saturated heterocycles. The van der Waals surface area contributed by atoms with Crippen LogP contribution in [0.2, 0.25) is 0 Å². The molecule has 2 fully saturated rings. The van der Waals surface area contributed by atoms with Gasteiger partial charge in [0, 0.05) is 18.6 Å². The molecule has 2 aliphatic heterocycles. The van der Waals surface area contributed by atoms with E-state index < -0.39 is 17.7 Å². The van der Waals surface area contributed by atoms with Gasteiger partial charge < -0.3 is 19.5 Å². The van der Waals surface area contributed by atoms with Crippen LogP contribution in [0.3, 0.4) is 0 Å². The Morgan fingerprint density at radius 1 is 1.08 bits per heavy atom. The topological polar surface area (TPSA) is 75.1 Å². The molecular weight excluding hydrogens is 531 g/mol. The summed E-state index contributed by atoms with van der Waals surface area (Å²) in [6.45, 7) is 4.07. The van der Waals surface area contributed by atoms with E-state index in [0.717, 1.165) is 69.5 Å². The van der Waals surface area contributed by atoms with E-state index in [2.05, 4.69) is 14.8 Å². The summed E-state index contributed by atoms with van der Waals surface area (Å²) < 4.78 is 51.6. The third-order valence-corrected chi connectivity index (χ3v) is 8.93. The maximum atomic E-state index is 13.2. The highest BCUT2D eigenvalue weighted by molar-refractivity contribution is 7.22. The zero-order valence-corrected chi connectivity index (χ0v) is 22.6. The van der Waals surface area contributed by atoms with Crippen molar-refractivity contribution in [3.05, 3.63) is 47.5 Å². The molecule has 2 aliphatic rings. The predicted molar refractivity (Wildman–Crippen MR) is 144 cm³/mol. The number of halogens is 3. The van der Waals surface area contributed by atoms with Crippen molar-refractivity contribution in [2.45, 2.75) is 50.2 Å². The largest absolute Gasteiger partial charge is 0.493 e. The molecule has 0 bridgehead atoms. The number of hydrogen-bond acceptors (Lipinski definition) is 7. The Bertz CT molecular complexity index is 1320. The number of carboxylic acids is 1.